The minimum atomic E-state index is -0.322. The van der Waals surface area contributed by atoms with Gasteiger partial charge in [-0.25, -0.2) is 5.06 Å². The standard InChI is InChI=1S/C12H12ClNO3/c1-7-9-6-8(13)4-5-10(9)17-11(7)12(15)14(2)16-3/h4-6H,1-3H3. The minimum absolute atomic E-state index is 0.270. The van der Waals surface area contributed by atoms with E-state index >= 15 is 0 Å². The topological polar surface area (TPSA) is 42.7 Å². The Balaban J connectivity index is 2.56. The number of nitrogens with zero attached hydrogens (tertiary/aromatic N) is 1. The van der Waals surface area contributed by atoms with Gasteiger partial charge >= 0.3 is 5.91 Å². The van der Waals surface area contributed by atoms with E-state index in [2.05, 4.69) is 0 Å². The number of halogens is 1. The lowest BCUT2D eigenvalue weighted by molar-refractivity contribution is -0.0773. The molecule has 1 aromatic carbocycles. The van der Waals surface area contributed by atoms with Gasteiger partial charge in [0.1, 0.15) is 5.58 Å². The fraction of sp³-hybridized carbons (Fsp3) is 0.250. The fourth-order valence-corrected chi connectivity index (χ4v) is 1.80. The number of amides is 1. The molecule has 0 bridgehead atoms. The zero-order valence-corrected chi connectivity index (χ0v) is 10.5. The van der Waals surface area contributed by atoms with Gasteiger partial charge in [-0.1, -0.05) is 11.6 Å². The minimum Gasteiger partial charge on any atom is -0.451 e. The monoisotopic (exact) mass is 253 g/mol. The Labute approximate surface area is 104 Å². The van der Waals surface area contributed by atoms with Crippen LogP contribution in [-0.2, 0) is 4.84 Å². The first-order chi connectivity index (χ1) is 8.04. The van der Waals surface area contributed by atoms with Crippen molar-refractivity contribution in [2.24, 2.45) is 0 Å². The lowest BCUT2D eigenvalue weighted by Crippen LogP contribution is -2.25. The number of rotatable bonds is 2. The molecule has 0 aliphatic carbocycles. The quantitative estimate of drug-likeness (QED) is 0.773. The van der Waals surface area contributed by atoms with Gasteiger partial charge in [0, 0.05) is 23.0 Å². The summed E-state index contributed by atoms with van der Waals surface area (Å²) in [5, 5.41) is 2.57. The van der Waals surface area contributed by atoms with Gasteiger partial charge < -0.3 is 4.42 Å². The second-order valence-corrected chi connectivity index (χ2v) is 4.12. The Kier molecular flexibility index (Phi) is 3.09. The van der Waals surface area contributed by atoms with Crippen LogP contribution in [-0.4, -0.2) is 25.1 Å². The summed E-state index contributed by atoms with van der Waals surface area (Å²) in [6, 6.07) is 5.24. The van der Waals surface area contributed by atoms with Crippen LogP contribution in [0.1, 0.15) is 16.1 Å². The normalized spacial score (nSPS) is 10.8. The van der Waals surface area contributed by atoms with Crippen molar-refractivity contribution in [2.45, 2.75) is 6.92 Å². The van der Waals surface area contributed by atoms with Gasteiger partial charge in [-0.3, -0.25) is 9.63 Å². The van der Waals surface area contributed by atoms with E-state index < -0.39 is 0 Å². The van der Waals surface area contributed by atoms with E-state index in [1.54, 1.807) is 18.2 Å². The van der Waals surface area contributed by atoms with Gasteiger partial charge in [-0.05, 0) is 25.1 Å². The molecule has 90 valence electrons. The van der Waals surface area contributed by atoms with Gasteiger partial charge in [0.05, 0.1) is 7.11 Å². The highest BCUT2D eigenvalue weighted by Gasteiger charge is 2.21. The van der Waals surface area contributed by atoms with Gasteiger partial charge in [0.25, 0.3) is 0 Å². The molecule has 0 spiro atoms. The van der Waals surface area contributed by atoms with Crippen LogP contribution in [0.4, 0.5) is 0 Å². The lowest BCUT2D eigenvalue weighted by atomic mass is 10.1. The Morgan fingerprint density at radius 2 is 2.18 bits per heavy atom. The van der Waals surface area contributed by atoms with Crippen LogP contribution < -0.4 is 0 Å². The number of fused-ring (bicyclic) bond motifs is 1. The average Bonchev–Trinajstić information content (AvgIpc) is 2.65. The molecule has 0 aliphatic rings. The zero-order chi connectivity index (χ0) is 12.6. The van der Waals surface area contributed by atoms with E-state index in [-0.39, 0.29) is 11.7 Å². The molecule has 1 amide bonds. The molecule has 17 heavy (non-hydrogen) atoms. The number of hydroxylamine groups is 2. The van der Waals surface area contributed by atoms with E-state index in [0.717, 1.165) is 16.0 Å². The molecule has 0 fully saturated rings. The number of carbonyl (C=O) groups is 1. The molecule has 0 unspecified atom stereocenters. The van der Waals surface area contributed by atoms with Crippen molar-refractivity contribution in [3.63, 3.8) is 0 Å². The third kappa shape index (κ3) is 2.01. The van der Waals surface area contributed by atoms with Gasteiger partial charge in [0.2, 0.25) is 0 Å². The number of furan rings is 1. The molecule has 0 N–H and O–H groups in total. The maximum absolute atomic E-state index is 11.9. The molecular formula is C12H12ClNO3. The molecule has 5 heteroatoms. The summed E-state index contributed by atoms with van der Waals surface area (Å²) >= 11 is 5.91. The molecule has 4 nitrogen and oxygen atoms in total. The Bertz CT molecular complexity index is 576. The highest BCUT2D eigenvalue weighted by molar-refractivity contribution is 6.31. The second-order valence-electron chi connectivity index (χ2n) is 3.68. The van der Waals surface area contributed by atoms with Crippen LogP contribution in [0.15, 0.2) is 22.6 Å². The Hall–Kier alpha value is -1.52. The molecule has 0 saturated carbocycles. The highest BCUT2D eigenvalue weighted by atomic mass is 35.5. The molecule has 0 saturated heterocycles. The first-order valence-corrected chi connectivity index (χ1v) is 5.43. The number of hydrogen-bond donors (Lipinski definition) is 0. The molecule has 2 aromatic rings. The average molecular weight is 254 g/mol. The summed E-state index contributed by atoms with van der Waals surface area (Å²) in [5.74, 6) is -0.0519. The first kappa shape index (κ1) is 12.0. The number of aryl methyl sites for hydroxylation is 1. The smallest absolute Gasteiger partial charge is 0.313 e. The molecule has 1 aromatic heterocycles. The maximum Gasteiger partial charge on any atom is 0.313 e. The fourth-order valence-electron chi connectivity index (χ4n) is 1.62. The molecule has 0 aliphatic heterocycles. The third-order valence-electron chi connectivity index (χ3n) is 2.65. The highest BCUT2D eigenvalue weighted by Crippen LogP contribution is 2.28. The van der Waals surface area contributed by atoms with E-state index in [4.69, 9.17) is 20.9 Å². The van der Waals surface area contributed by atoms with Crippen LogP contribution in [0.5, 0.6) is 0 Å². The Morgan fingerprint density at radius 1 is 1.47 bits per heavy atom. The SMILES string of the molecule is CON(C)C(=O)c1oc2ccc(Cl)cc2c1C. The van der Waals surface area contributed by atoms with Crippen LogP contribution >= 0.6 is 11.6 Å². The van der Waals surface area contributed by atoms with Crippen molar-refractivity contribution < 1.29 is 14.0 Å². The van der Waals surface area contributed by atoms with Crippen molar-refractivity contribution in [1.29, 1.82) is 0 Å². The maximum atomic E-state index is 11.9. The van der Waals surface area contributed by atoms with E-state index in [1.807, 2.05) is 6.92 Å². The summed E-state index contributed by atoms with van der Waals surface area (Å²) in [6.07, 6.45) is 0. The summed E-state index contributed by atoms with van der Waals surface area (Å²) < 4.78 is 5.51. The first-order valence-electron chi connectivity index (χ1n) is 5.05. The van der Waals surface area contributed by atoms with Crippen molar-refractivity contribution in [1.82, 2.24) is 5.06 Å². The van der Waals surface area contributed by atoms with E-state index in [9.17, 15) is 4.79 Å². The molecule has 0 radical (unpaired) electrons. The summed E-state index contributed by atoms with van der Waals surface area (Å²) in [6.45, 7) is 1.82. The Morgan fingerprint density at radius 3 is 2.82 bits per heavy atom. The van der Waals surface area contributed by atoms with Crippen LogP contribution in [0, 0.1) is 6.92 Å². The van der Waals surface area contributed by atoms with Crippen molar-refractivity contribution >= 4 is 28.5 Å². The molecular weight excluding hydrogens is 242 g/mol. The van der Waals surface area contributed by atoms with E-state index in [1.165, 1.54) is 14.2 Å². The number of hydrogen-bond acceptors (Lipinski definition) is 3. The largest absolute Gasteiger partial charge is 0.451 e. The lowest BCUT2D eigenvalue weighted by Gasteiger charge is -2.11. The van der Waals surface area contributed by atoms with Crippen molar-refractivity contribution in [3.8, 4) is 0 Å². The van der Waals surface area contributed by atoms with Crippen molar-refractivity contribution in [2.75, 3.05) is 14.2 Å². The number of benzene rings is 1. The van der Waals surface area contributed by atoms with Gasteiger partial charge in [-0.15, -0.1) is 0 Å². The zero-order valence-electron chi connectivity index (χ0n) is 9.78. The molecule has 1 heterocycles. The number of carbonyl (C=O) groups excluding carboxylic acids is 1. The van der Waals surface area contributed by atoms with Crippen LogP contribution in [0.25, 0.3) is 11.0 Å². The van der Waals surface area contributed by atoms with Gasteiger partial charge in [0.15, 0.2) is 5.76 Å². The summed E-state index contributed by atoms with van der Waals surface area (Å²) in [7, 11) is 2.95. The second kappa shape index (κ2) is 4.39. The summed E-state index contributed by atoms with van der Waals surface area (Å²) in [4.78, 5) is 16.8. The predicted octanol–water partition coefficient (Wildman–Crippen LogP) is 3.03. The van der Waals surface area contributed by atoms with E-state index in [0.29, 0.717) is 10.6 Å². The van der Waals surface area contributed by atoms with Crippen LogP contribution in [0.3, 0.4) is 0 Å². The van der Waals surface area contributed by atoms with Gasteiger partial charge in [-0.2, -0.15) is 0 Å². The predicted molar refractivity (Wildman–Crippen MR) is 65.1 cm³/mol. The van der Waals surface area contributed by atoms with Crippen LogP contribution in [0.2, 0.25) is 5.02 Å². The van der Waals surface area contributed by atoms with Crippen molar-refractivity contribution in [3.05, 3.63) is 34.5 Å². The molecule has 2 rings (SSSR count). The summed E-state index contributed by atoms with van der Waals surface area (Å²) in [5.41, 5.74) is 1.40. The third-order valence-corrected chi connectivity index (χ3v) is 2.89. The molecule has 0 atom stereocenters.